The molecule has 3 aromatic rings. The molecule has 0 saturated heterocycles. The number of hydrogen-bond donors (Lipinski definition) is 1. The van der Waals surface area contributed by atoms with Crippen molar-refractivity contribution in [3.63, 3.8) is 0 Å². The van der Waals surface area contributed by atoms with Crippen LogP contribution in [0.3, 0.4) is 0 Å². The van der Waals surface area contributed by atoms with Crippen LogP contribution in [0.25, 0.3) is 11.2 Å². The maximum Gasteiger partial charge on any atom is 0.220 e. The highest BCUT2D eigenvalue weighted by Gasteiger charge is 2.16. The first-order valence-electron chi connectivity index (χ1n) is 10.5. The zero-order valence-electron chi connectivity index (χ0n) is 18.6. The molecule has 0 aliphatic rings. The highest BCUT2D eigenvalue weighted by Crippen LogP contribution is 2.39. The number of pyridine rings is 1. The minimum absolute atomic E-state index is 0.0116. The highest BCUT2D eigenvalue weighted by atomic mass is 16.5. The molecule has 8 heteroatoms. The van der Waals surface area contributed by atoms with E-state index in [1.54, 1.807) is 27.5 Å². The zero-order valence-corrected chi connectivity index (χ0v) is 18.6. The third-order valence-corrected chi connectivity index (χ3v) is 5.11. The molecule has 166 valence electrons. The third-order valence-electron chi connectivity index (χ3n) is 5.11. The number of aryl methyl sites for hydroxylation is 2. The molecule has 0 bridgehead atoms. The van der Waals surface area contributed by atoms with Crippen LogP contribution in [-0.4, -0.2) is 48.3 Å². The summed E-state index contributed by atoms with van der Waals surface area (Å²) in [5.74, 6) is 2.67. The molecule has 0 unspecified atom stereocenters. The Labute approximate surface area is 182 Å². The fourth-order valence-corrected chi connectivity index (χ4v) is 3.67. The number of rotatable bonds is 11. The number of benzene rings is 1. The predicted molar refractivity (Wildman–Crippen MR) is 119 cm³/mol. The van der Waals surface area contributed by atoms with Gasteiger partial charge in [0.05, 0.1) is 21.3 Å². The number of ether oxygens (including phenoxy) is 3. The first-order chi connectivity index (χ1) is 15.1. The van der Waals surface area contributed by atoms with Gasteiger partial charge in [-0.15, -0.1) is 0 Å². The molecule has 8 nitrogen and oxygen atoms in total. The van der Waals surface area contributed by atoms with Crippen LogP contribution in [0.4, 0.5) is 0 Å². The van der Waals surface area contributed by atoms with Crippen molar-refractivity contribution in [1.29, 1.82) is 0 Å². The van der Waals surface area contributed by atoms with E-state index >= 15 is 0 Å². The Kier molecular flexibility index (Phi) is 7.70. The Morgan fingerprint density at radius 3 is 2.58 bits per heavy atom. The number of carbonyl (C=O) groups is 1. The van der Waals surface area contributed by atoms with E-state index in [-0.39, 0.29) is 5.91 Å². The standard InChI is InChI=1S/C23H30N4O4/c1-5-15-27-19(26-17-7-6-13-25-23(17)27)10-11-20(28)24-14-12-16-8-9-18(29-2)22(31-4)21(16)30-3/h6-9,13H,5,10-12,14-15H2,1-4H3,(H,24,28). The van der Waals surface area contributed by atoms with Crippen LogP contribution >= 0.6 is 0 Å². The number of aromatic nitrogens is 3. The summed E-state index contributed by atoms with van der Waals surface area (Å²) in [4.78, 5) is 21.5. The van der Waals surface area contributed by atoms with Crippen LogP contribution in [0.15, 0.2) is 30.5 Å². The molecular weight excluding hydrogens is 396 g/mol. The molecule has 31 heavy (non-hydrogen) atoms. The summed E-state index contributed by atoms with van der Waals surface area (Å²) in [7, 11) is 4.76. The number of amides is 1. The van der Waals surface area contributed by atoms with Gasteiger partial charge in [0.1, 0.15) is 11.3 Å². The summed E-state index contributed by atoms with van der Waals surface area (Å²) in [5, 5.41) is 2.98. The van der Waals surface area contributed by atoms with Gasteiger partial charge in [0, 0.05) is 37.7 Å². The Balaban J connectivity index is 1.58. The summed E-state index contributed by atoms with van der Waals surface area (Å²) >= 11 is 0. The normalized spacial score (nSPS) is 10.8. The Morgan fingerprint density at radius 1 is 1.06 bits per heavy atom. The van der Waals surface area contributed by atoms with Crippen molar-refractivity contribution < 1.29 is 19.0 Å². The number of fused-ring (bicyclic) bond motifs is 1. The molecule has 1 aromatic carbocycles. The van der Waals surface area contributed by atoms with Crippen LogP contribution in [-0.2, 0) is 24.2 Å². The quantitative estimate of drug-likeness (QED) is 0.507. The topological polar surface area (TPSA) is 87.5 Å². The van der Waals surface area contributed by atoms with Crippen molar-refractivity contribution >= 4 is 17.1 Å². The maximum absolute atomic E-state index is 12.4. The van der Waals surface area contributed by atoms with Gasteiger partial charge in [-0.05, 0) is 31.0 Å². The Hall–Kier alpha value is -3.29. The van der Waals surface area contributed by atoms with Gasteiger partial charge >= 0.3 is 0 Å². The van der Waals surface area contributed by atoms with Crippen molar-refractivity contribution in [2.75, 3.05) is 27.9 Å². The van der Waals surface area contributed by atoms with Crippen molar-refractivity contribution in [1.82, 2.24) is 19.9 Å². The molecule has 0 fully saturated rings. The fraction of sp³-hybridized carbons (Fsp3) is 0.435. The number of methoxy groups -OCH3 is 3. The summed E-state index contributed by atoms with van der Waals surface area (Å²) in [5.41, 5.74) is 2.68. The number of hydrogen-bond acceptors (Lipinski definition) is 6. The van der Waals surface area contributed by atoms with E-state index < -0.39 is 0 Å². The molecule has 1 N–H and O–H groups in total. The molecule has 0 atom stereocenters. The first-order valence-corrected chi connectivity index (χ1v) is 10.5. The molecule has 1 amide bonds. The van der Waals surface area contributed by atoms with Gasteiger partial charge in [-0.3, -0.25) is 4.79 Å². The average molecular weight is 427 g/mol. The van der Waals surface area contributed by atoms with Crippen molar-refractivity contribution in [3.05, 3.63) is 41.9 Å². The van der Waals surface area contributed by atoms with Crippen LogP contribution in [0.2, 0.25) is 0 Å². The summed E-state index contributed by atoms with van der Waals surface area (Å²) in [6.07, 6.45) is 4.31. The summed E-state index contributed by atoms with van der Waals surface area (Å²) < 4.78 is 18.3. The third kappa shape index (κ3) is 5.07. The first kappa shape index (κ1) is 22.4. The Morgan fingerprint density at radius 2 is 1.87 bits per heavy atom. The van der Waals surface area contributed by atoms with Gasteiger partial charge in [0.25, 0.3) is 0 Å². The molecule has 0 radical (unpaired) electrons. The molecule has 0 aliphatic heterocycles. The molecule has 2 aromatic heterocycles. The number of carbonyl (C=O) groups excluding carboxylic acids is 1. The van der Waals surface area contributed by atoms with E-state index in [4.69, 9.17) is 14.2 Å². The van der Waals surface area contributed by atoms with Crippen LogP contribution in [0, 0.1) is 0 Å². The van der Waals surface area contributed by atoms with Crippen LogP contribution in [0.1, 0.15) is 31.2 Å². The lowest BCUT2D eigenvalue weighted by Gasteiger charge is -2.16. The molecule has 0 spiro atoms. The second kappa shape index (κ2) is 10.7. The second-order valence-electron chi connectivity index (χ2n) is 7.12. The van der Waals surface area contributed by atoms with Gasteiger partial charge < -0.3 is 24.1 Å². The zero-order chi connectivity index (χ0) is 22.2. The molecular formula is C23H30N4O4. The number of imidazole rings is 1. The summed E-state index contributed by atoms with van der Waals surface area (Å²) in [6.45, 7) is 3.45. The number of nitrogens with zero attached hydrogens (tertiary/aromatic N) is 3. The smallest absolute Gasteiger partial charge is 0.220 e. The SMILES string of the molecule is CCCn1c(CCC(=O)NCCc2ccc(OC)c(OC)c2OC)nc2cccnc21. The molecule has 0 aliphatic carbocycles. The Bertz CT molecular complexity index is 1030. The number of nitrogens with one attached hydrogen (secondary N) is 1. The highest BCUT2D eigenvalue weighted by molar-refractivity contribution is 5.76. The molecule has 2 heterocycles. The van der Waals surface area contributed by atoms with E-state index in [0.29, 0.717) is 43.1 Å². The van der Waals surface area contributed by atoms with Crippen molar-refractivity contribution in [2.45, 2.75) is 39.2 Å². The largest absolute Gasteiger partial charge is 0.493 e. The monoisotopic (exact) mass is 426 g/mol. The van der Waals surface area contributed by atoms with Gasteiger partial charge in [-0.2, -0.15) is 0 Å². The summed E-state index contributed by atoms with van der Waals surface area (Å²) in [6, 6.07) is 7.59. The van der Waals surface area contributed by atoms with Crippen molar-refractivity contribution in [3.8, 4) is 17.2 Å². The fourth-order valence-electron chi connectivity index (χ4n) is 3.67. The van der Waals surface area contributed by atoms with E-state index in [2.05, 4.69) is 26.8 Å². The van der Waals surface area contributed by atoms with Gasteiger partial charge in [0.2, 0.25) is 11.7 Å². The molecule has 0 saturated carbocycles. The lowest BCUT2D eigenvalue weighted by molar-refractivity contribution is -0.121. The lowest BCUT2D eigenvalue weighted by Crippen LogP contribution is -2.26. The van der Waals surface area contributed by atoms with Gasteiger partial charge in [0.15, 0.2) is 17.1 Å². The molecule has 3 rings (SSSR count). The van der Waals surface area contributed by atoms with Gasteiger partial charge in [-0.1, -0.05) is 13.0 Å². The minimum Gasteiger partial charge on any atom is -0.493 e. The lowest BCUT2D eigenvalue weighted by atomic mass is 10.1. The average Bonchev–Trinajstić information content (AvgIpc) is 3.14. The predicted octanol–water partition coefficient (Wildman–Crippen LogP) is 3.16. The minimum atomic E-state index is -0.0116. The van der Waals surface area contributed by atoms with Crippen molar-refractivity contribution in [2.24, 2.45) is 0 Å². The van der Waals surface area contributed by atoms with E-state index in [0.717, 1.165) is 35.5 Å². The van der Waals surface area contributed by atoms with E-state index in [1.807, 2.05) is 24.3 Å². The van der Waals surface area contributed by atoms with Crippen LogP contribution < -0.4 is 19.5 Å². The van der Waals surface area contributed by atoms with E-state index in [9.17, 15) is 4.79 Å². The maximum atomic E-state index is 12.4. The van der Waals surface area contributed by atoms with Crippen LogP contribution in [0.5, 0.6) is 17.2 Å². The van der Waals surface area contributed by atoms with Gasteiger partial charge in [-0.25, -0.2) is 9.97 Å². The second-order valence-corrected chi connectivity index (χ2v) is 7.12. The van der Waals surface area contributed by atoms with E-state index in [1.165, 1.54) is 0 Å².